The molecule has 0 radical (unpaired) electrons. The third-order valence-corrected chi connectivity index (χ3v) is 16.6. The zero-order valence-electron chi connectivity index (χ0n) is 33.3. The number of fused-ring (bicyclic) bond motifs is 2. The topological polar surface area (TPSA) is 119 Å². The van der Waals surface area contributed by atoms with Crippen LogP contribution in [0.1, 0.15) is 52.0 Å². The molecule has 11 heteroatoms. The van der Waals surface area contributed by atoms with Crippen molar-refractivity contribution in [1.82, 2.24) is 15.0 Å². The van der Waals surface area contributed by atoms with Crippen LogP contribution in [0.3, 0.4) is 0 Å². The summed E-state index contributed by atoms with van der Waals surface area (Å²) >= 11 is 0. The standard InChI is InChI=1S/C47H49N5O5Si/c1-32-44(58(3,4)38-24-22-37(56-2)23-25-38)43(26-27-51-30-41(49-50-51)39(31-53)34-15-7-5-8-16-34)57-47(32)40-20-11-12-21-42(40)52(46(47)55)29-33-14-13-19-36(28-33)48-45(54)35-17-9-6-10-18-35/h5-25,28,30,32,39,43-44,53H,26-27,29,31H2,1-4H3,(H,48,54)/t32-,39?,43+,44-,47+/m1/s1. The number of ether oxygens (including phenoxy) is 2. The van der Waals surface area contributed by atoms with Gasteiger partial charge in [0.15, 0.2) is 5.60 Å². The van der Waals surface area contributed by atoms with E-state index in [1.807, 2.05) is 125 Å². The maximum absolute atomic E-state index is 15.3. The van der Waals surface area contributed by atoms with Crippen LogP contribution in [-0.2, 0) is 28.2 Å². The molecule has 5 aromatic carbocycles. The second-order valence-electron chi connectivity index (χ2n) is 15.9. The molecule has 58 heavy (non-hydrogen) atoms. The number of benzene rings is 5. The number of rotatable bonds is 13. The van der Waals surface area contributed by atoms with Crippen molar-refractivity contribution in [1.29, 1.82) is 0 Å². The molecule has 2 aliphatic heterocycles. The molecule has 1 spiro atoms. The zero-order chi connectivity index (χ0) is 40.4. The first kappa shape index (κ1) is 39.0. The average molecular weight is 792 g/mol. The minimum Gasteiger partial charge on any atom is -0.497 e. The molecule has 296 valence electrons. The molecule has 8 rings (SSSR count). The Morgan fingerprint density at radius 2 is 1.64 bits per heavy atom. The number of nitrogens with one attached hydrogen (secondary N) is 1. The van der Waals surface area contributed by atoms with E-state index < -0.39 is 13.7 Å². The average Bonchev–Trinajstić information content (AvgIpc) is 3.91. The highest BCUT2D eigenvalue weighted by Gasteiger charge is 2.66. The number of aromatic nitrogens is 3. The normalized spacial score (nSPS) is 20.6. The Hall–Kier alpha value is -5.88. The lowest BCUT2D eigenvalue weighted by Crippen LogP contribution is -2.51. The minimum absolute atomic E-state index is 0.0480. The molecular formula is C47H49N5O5Si. The van der Waals surface area contributed by atoms with E-state index in [0.717, 1.165) is 28.1 Å². The molecular weight excluding hydrogens is 743 g/mol. The first-order chi connectivity index (χ1) is 28.1. The van der Waals surface area contributed by atoms with Crippen LogP contribution >= 0.6 is 0 Å². The van der Waals surface area contributed by atoms with Gasteiger partial charge in [0.2, 0.25) is 0 Å². The number of hydrogen-bond acceptors (Lipinski definition) is 7. The van der Waals surface area contributed by atoms with Gasteiger partial charge in [0, 0.05) is 35.5 Å². The van der Waals surface area contributed by atoms with Crippen LogP contribution in [0.15, 0.2) is 140 Å². The van der Waals surface area contributed by atoms with E-state index in [9.17, 15) is 9.90 Å². The van der Waals surface area contributed by atoms with Gasteiger partial charge >= 0.3 is 0 Å². The molecule has 1 aromatic heterocycles. The van der Waals surface area contributed by atoms with Crippen LogP contribution in [0.2, 0.25) is 18.6 Å². The molecule has 1 unspecified atom stereocenters. The molecule has 0 bridgehead atoms. The summed E-state index contributed by atoms with van der Waals surface area (Å²) in [6.07, 6.45) is 2.25. The van der Waals surface area contributed by atoms with Gasteiger partial charge in [-0.25, -0.2) is 0 Å². The van der Waals surface area contributed by atoms with Crippen molar-refractivity contribution < 1.29 is 24.2 Å². The lowest BCUT2D eigenvalue weighted by molar-refractivity contribution is -0.146. The molecule has 10 nitrogen and oxygen atoms in total. The number of hydrogen-bond donors (Lipinski definition) is 2. The molecule has 3 heterocycles. The molecule has 2 N–H and O–H groups in total. The van der Waals surface area contributed by atoms with Crippen LogP contribution < -0.4 is 20.1 Å². The van der Waals surface area contributed by atoms with E-state index in [1.54, 1.807) is 19.2 Å². The molecule has 6 aromatic rings. The predicted octanol–water partition coefficient (Wildman–Crippen LogP) is 7.52. The van der Waals surface area contributed by atoms with Gasteiger partial charge in [-0.1, -0.05) is 121 Å². The van der Waals surface area contributed by atoms with Crippen molar-refractivity contribution >= 4 is 36.4 Å². The molecule has 2 aliphatic rings. The molecule has 0 aliphatic carbocycles. The number of anilines is 2. The fraction of sp³-hybridized carbons (Fsp3) is 0.277. The summed E-state index contributed by atoms with van der Waals surface area (Å²) in [7, 11) is -0.696. The number of carbonyl (C=O) groups is 2. The highest BCUT2D eigenvalue weighted by molar-refractivity contribution is 6.91. The lowest BCUT2D eigenvalue weighted by atomic mass is 9.82. The van der Waals surface area contributed by atoms with Gasteiger partial charge in [0.1, 0.15) is 5.75 Å². The number of para-hydroxylation sites is 1. The predicted molar refractivity (Wildman–Crippen MR) is 228 cm³/mol. The van der Waals surface area contributed by atoms with Crippen LogP contribution in [0.5, 0.6) is 5.75 Å². The molecule has 5 atom stereocenters. The summed E-state index contributed by atoms with van der Waals surface area (Å²) in [5, 5.41) is 23.6. The summed E-state index contributed by atoms with van der Waals surface area (Å²) in [5.41, 5.74) is 4.35. The molecule has 1 fully saturated rings. The van der Waals surface area contributed by atoms with Crippen LogP contribution in [0.4, 0.5) is 11.4 Å². The van der Waals surface area contributed by atoms with E-state index >= 15 is 4.79 Å². The molecule has 0 saturated carbocycles. The lowest BCUT2D eigenvalue weighted by Gasteiger charge is -2.37. The Morgan fingerprint density at radius 3 is 2.36 bits per heavy atom. The number of nitrogens with zero attached hydrogens (tertiary/aromatic N) is 4. The highest BCUT2D eigenvalue weighted by Crippen LogP contribution is 2.60. The van der Waals surface area contributed by atoms with Crippen LogP contribution in [-0.4, -0.2) is 59.8 Å². The van der Waals surface area contributed by atoms with Crippen LogP contribution in [0, 0.1) is 5.92 Å². The first-order valence-electron chi connectivity index (χ1n) is 19.9. The fourth-order valence-corrected chi connectivity index (χ4v) is 13.4. The first-order valence-corrected chi connectivity index (χ1v) is 23.0. The summed E-state index contributed by atoms with van der Waals surface area (Å²) in [4.78, 5) is 30.1. The summed E-state index contributed by atoms with van der Waals surface area (Å²) in [6, 6.07) is 43.0. The quantitative estimate of drug-likeness (QED) is 0.116. The van der Waals surface area contributed by atoms with Gasteiger partial charge in [-0.15, -0.1) is 5.10 Å². The second kappa shape index (κ2) is 16.2. The van der Waals surface area contributed by atoms with Gasteiger partial charge in [-0.3, -0.25) is 14.3 Å². The van der Waals surface area contributed by atoms with Crippen molar-refractivity contribution in [3.05, 3.63) is 168 Å². The van der Waals surface area contributed by atoms with Crippen LogP contribution in [0.25, 0.3) is 0 Å². The van der Waals surface area contributed by atoms with Crippen molar-refractivity contribution in [2.45, 2.75) is 62.7 Å². The number of aryl methyl sites for hydroxylation is 1. The van der Waals surface area contributed by atoms with Crippen molar-refractivity contribution in [3.63, 3.8) is 0 Å². The monoisotopic (exact) mass is 791 g/mol. The second-order valence-corrected chi connectivity index (χ2v) is 20.6. The number of amides is 2. The van der Waals surface area contributed by atoms with E-state index in [1.165, 1.54) is 5.19 Å². The van der Waals surface area contributed by atoms with Crippen molar-refractivity contribution in [2.24, 2.45) is 5.92 Å². The Balaban J connectivity index is 1.11. The fourth-order valence-electron chi connectivity index (χ4n) is 9.31. The smallest absolute Gasteiger partial charge is 0.264 e. The summed E-state index contributed by atoms with van der Waals surface area (Å²) in [5.74, 6) is 0.0766. The van der Waals surface area contributed by atoms with Crippen molar-refractivity contribution in [3.8, 4) is 5.75 Å². The van der Waals surface area contributed by atoms with E-state index in [2.05, 4.69) is 47.8 Å². The maximum atomic E-state index is 15.3. The Kier molecular flexibility index (Phi) is 10.9. The molecule has 1 saturated heterocycles. The minimum atomic E-state index is -2.37. The Labute approximate surface area is 340 Å². The number of aliphatic hydroxyl groups excluding tert-OH is 1. The third-order valence-electron chi connectivity index (χ3n) is 12.2. The van der Waals surface area contributed by atoms with Gasteiger partial charge in [0.05, 0.1) is 51.7 Å². The Bertz CT molecular complexity index is 2390. The molecule has 2 amide bonds. The number of aliphatic hydroxyl groups is 1. The van der Waals surface area contributed by atoms with Gasteiger partial charge in [-0.2, -0.15) is 0 Å². The van der Waals surface area contributed by atoms with E-state index in [-0.39, 0.29) is 41.9 Å². The van der Waals surface area contributed by atoms with Gasteiger partial charge < -0.3 is 24.8 Å². The maximum Gasteiger partial charge on any atom is 0.264 e. The highest BCUT2D eigenvalue weighted by atomic mass is 28.3. The summed E-state index contributed by atoms with van der Waals surface area (Å²) in [6.45, 7) is 7.71. The third kappa shape index (κ3) is 7.14. The SMILES string of the molecule is COc1ccc([Si](C)(C)[C@H]2[C@H](CCn3cc(C(CO)c4ccccc4)nn3)O[C@@]3(C(=O)N(Cc4cccc(NC(=O)c5ccccc5)c4)c4ccccc43)[C@@H]2C)cc1. The summed E-state index contributed by atoms with van der Waals surface area (Å²) < 4.78 is 14.7. The largest absolute Gasteiger partial charge is 0.497 e. The number of methoxy groups -OCH3 is 1. The van der Waals surface area contributed by atoms with Gasteiger partial charge in [-0.05, 0) is 65.6 Å². The number of carbonyl (C=O) groups excluding carboxylic acids is 2. The van der Waals surface area contributed by atoms with Crippen molar-refractivity contribution in [2.75, 3.05) is 23.9 Å². The van der Waals surface area contributed by atoms with Gasteiger partial charge in [0.25, 0.3) is 11.8 Å². The van der Waals surface area contributed by atoms with E-state index in [4.69, 9.17) is 9.47 Å². The zero-order valence-corrected chi connectivity index (χ0v) is 34.3. The van der Waals surface area contributed by atoms with E-state index in [0.29, 0.717) is 36.5 Å². The Morgan fingerprint density at radius 1 is 0.931 bits per heavy atom.